The van der Waals surface area contributed by atoms with Crippen LogP contribution in [0, 0.1) is 0 Å². The quantitative estimate of drug-likeness (QED) is 0.257. The first-order valence-electron chi connectivity index (χ1n) is 12.4. The maximum absolute atomic E-state index is 14.5. The highest BCUT2D eigenvalue weighted by Gasteiger charge is 2.42. The molecule has 7 nitrogen and oxygen atoms in total. The van der Waals surface area contributed by atoms with Crippen molar-refractivity contribution >= 4 is 62.3 Å². The first-order chi connectivity index (χ1) is 19.0. The van der Waals surface area contributed by atoms with Gasteiger partial charge in [0.05, 0.1) is 22.6 Å². The molecular weight excluding hydrogens is 528 g/mol. The summed E-state index contributed by atoms with van der Waals surface area (Å²) in [6.45, 7) is 0. The van der Waals surface area contributed by atoms with Gasteiger partial charge in [0.15, 0.2) is 5.11 Å². The summed E-state index contributed by atoms with van der Waals surface area (Å²) in [7, 11) is 0. The van der Waals surface area contributed by atoms with Crippen LogP contribution in [-0.4, -0.2) is 21.0 Å². The third kappa shape index (κ3) is 4.14. The number of rotatable bonds is 3. The Hall–Kier alpha value is -4.53. The lowest BCUT2D eigenvalue weighted by molar-refractivity contribution is -0.116. The molecule has 2 aliphatic rings. The summed E-state index contributed by atoms with van der Waals surface area (Å²) < 4.78 is 0. The molecule has 1 amide bonds. The number of thiocarbonyl (C=S) groups is 1. The summed E-state index contributed by atoms with van der Waals surface area (Å²) in [4.78, 5) is 25.1. The number of halogens is 1. The van der Waals surface area contributed by atoms with Crippen LogP contribution in [0.15, 0.2) is 109 Å². The first kappa shape index (κ1) is 23.6. The second-order valence-corrected chi connectivity index (χ2v) is 10.3. The van der Waals surface area contributed by atoms with Gasteiger partial charge in [0.25, 0.3) is 5.91 Å². The summed E-state index contributed by atoms with van der Waals surface area (Å²) in [5.41, 5.74) is 4.84. The van der Waals surface area contributed by atoms with Crippen molar-refractivity contribution in [1.82, 2.24) is 25.9 Å². The first-order valence-corrected chi connectivity index (χ1v) is 13.2. The van der Waals surface area contributed by atoms with Crippen LogP contribution in [0.4, 0.5) is 5.69 Å². The van der Waals surface area contributed by atoms with Crippen molar-refractivity contribution in [3.63, 3.8) is 0 Å². The summed E-state index contributed by atoms with van der Waals surface area (Å²) in [5, 5.41) is 13.1. The summed E-state index contributed by atoms with van der Waals surface area (Å²) in [5.74, 6) is 0.433. The number of benzene rings is 3. The molecule has 7 rings (SSSR count). The second-order valence-electron chi connectivity index (χ2n) is 9.43. The molecule has 0 fully saturated rings. The molecule has 39 heavy (non-hydrogen) atoms. The predicted octanol–water partition coefficient (Wildman–Crippen LogP) is 5.50. The number of hydrogen-bond donors (Lipinski definition) is 3. The number of aromatic nitrogens is 2. The minimum Gasteiger partial charge on any atom is -0.351 e. The smallest absolute Gasteiger partial charge is 0.262 e. The minimum atomic E-state index is -0.503. The molecule has 2 aliphatic heterocycles. The van der Waals surface area contributed by atoms with Gasteiger partial charge in [-0.1, -0.05) is 35.9 Å². The third-order valence-corrected chi connectivity index (χ3v) is 7.54. The van der Waals surface area contributed by atoms with E-state index in [0.717, 1.165) is 32.9 Å². The zero-order valence-corrected chi connectivity index (χ0v) is 22.0. The lowest BCUT2D eigenvalue weighted by Gasteiger charge is -2.43. The fourth-order valence-electron chi connectivity index (χ4n) is 5.25. The molecule has 0 spiro atoms. The van der Waals surface area contributed by atoms with E-state index in [1.165, 1.54) is 0 Å². The molecule has 2 atom stereocenters. The highest BCUT2D eigenvalue weighted by molar-refractivity contribution is 7.80. The molecule has 0 saturated carbocycles. The van der Waals surface area contributed by atoms with Crippen molar-refractivity contribution in [3.8, 4) is 0 Å². The highest BCUT2D eigenvalue weighted by Crippen LogP contribution is 2.38. The Morgan fingerprint density at radius 2 is 1.44 bits per heavy atom. The minimum absolute atomic E-state index is 0.152. The monoisotopic (exact) mass is 548 g/mol. The second kappa shape index (κ2) is 9.34. The molecule has 3 aromatic carbocycles. The molecule has 0 bridgehead atoms. The number of carbonyl (C=O) groups is 1. The largest absolute Gasteiger partial charge is 0.351 e. The molecule has 0 aliphatic carbocycles. The Morgan fingerprint density at radius 3 is 2.13 bits per heavy atom. The van der Waals surface area contributed by atoms with E-state index in [0.29, 0.717) is 27.2 Å². The van der Waals surface area contributed by atoms with Crippen LogP contribution in [0.3, 0.4) is 0 Å². The summed E-state index contributed by atoms with van der Waals surface area (Å²) in [6.07, 6.45) is 3.03. The molecule has 190 valence electrons. The third-order valence-electron chi connectivity index (χ3n) is 7.07. The number of pyridine rings is 2. The van der Waals surface area contributed by atoms with Gasteiger partial charge in [-0.3, -0.25) is 19.7 Å². The van der Waals surface area contributed by atoms with Gasteiger partial charge in [0.1, 0.15) is 12.0 Å². The average Bonchev–Trinajstić information content (AvgIpc) is 2.96. The number of nitrogens with zero attached hydrogens (tertiary/aromatic N) is 3. The number of amides is 1. The van der Waals surface area contributed by atoms with Crippen molar-refractivity contribution in [2.75, 3.05) is 4.90 Å². The van der Waals surface area contributed by atoms with E-state index in [1.54, 1.807) is 29.4 Å². The van der Waals surface area contributed by atoms with Crippen molar-refractivity contribution in [3.05, 3.63) is 125 Å². The molecule has 2 aromatic heterocycles. The standard InChI is InChI=1S/C30H21ClN6OS/c31-21-7-9-22(10-8-21)37-28(20-6-12-24-18(16-20)4-2-14-33-24)35-27-25(29(37)38)26(34-30(39)36-27)19-5-11-23-17(15-19)3-1-13-32-23/h1-16,26,28,35H,(H2,34,36,39). The summed E-state index contributed by atoms with van der Waals surface area (Å²) >= 11 is 11.8. The lowest BCUT2D eigenvalue weighted by atomic mass is 9.92. The molecule has 3 N–H and O–H groups in total. The molecule has 0 radical (unpaired) electrons. The fraction of sp³-hybridized carbons (Fsp3) is 0.0667. The van der Waals surface area contributed by atoms with E-state index in [9.17, 15) is 4.79 Å². The van der Waals surface area contributed by atoms with E-state index >= 15 is 0 Å². The number of anilines is 1. The lowest BCUT2D eigenvalue weighted by Crippen LogP contribution is -2.58. The van der Waals surface area contributed by atoms with Crippen molar-refractivity contribution in [2.24, 2.45) is 0 Å². The Balaban J connectivity index is 1.38. The molecule has 0 saturated heterocycles. The Morgan fingerprint density at radius 1 is 0.795 bits per heavy atom. The van der Waals surface area contributed by atoms with E-state index in [-0.39, 0.29) is 5.91 Å². The van der Waals surface area contributed by atoms with Crippen LogP contribution in [-0.2, 0) is 4.79 Å². The average molecular weight is 549 g/mol. The topological polar surface area (TPSA) is 82.2 Å². The van der Waals surface area contributed by atoms with Gasteiger partial charge in [0.2, 0.25) is 0 Å². The molecule has 9 heteroatoms. The van der Waals surface area contributed by atoms with E-state index in [4.69, 9.17) is 23.8 Å². The van der Waals surface area contributed by atoms with Gasteiger partial charge in [-0.05, 0) is 84.0 Å². The van der Waals surface area contributed by atoms with Crippen LogP contribution in [0.25, 0.3) is 21.8 Å². The maximum atomic E-state index is 14.5. The fourth-order valence-corrected chi connectivity index (χ4v) is 5.59. The van der Waals surface area contributed by atoms with Gasteiger partial charge >= 0.3 is 0 Å². The molecular formula is C30H21ClN6OS. The van der Waals surface area contributed by atoms with Crippen LogP contribution < -0.4 is 20.9 Å². The number of hydrogen-bond acceptors (Lipinski definition) is 5. The Kier molecular flexibility index (Phi) is 5.65. The Labute approximate surface area is 234 Å². The van der Waals surface area contributed by atoms with Crippen molar-refractivity contribution in [1.29, 1.82) is 0 Å². The van der Waals surface area contributed by atoms with Gasteiger partial charge in [0, 0.05) is 33.9 Å². The van der Waals surface area contributed by atoms with E-state index in [1.807, 2.05) is 66.7 Å². The van der Waals surface area contributed by atoms with Gasteiger partial charge in [-0.25, -0.2) is 0 Å². The number of nitrogens with one attached hydrogen (secondary N) is 3. The maximum Gasteiger partial charge on any atom is 0.262 e. The van der Waals surface area contributed by atoms with Crippen LogP contribution >= 0.6 is 23.8 Å². The molecule has 5 aromatic rings. The van der Waals surface area contributed by atoms with Crippen LogP contribution in [0.1, 0.15) is 23.3 Å². The summed E-state index contributed by atoms with van der Waals surface area (Å²) in [6, 6.07) is 26.6. The highest BCUT2D eigenvalue weighted by atomic mass is 35.5. The van der Waals surface area contributed by atoms with Crippen LogP contribution in [0.2, 0.25) is 5.02 Å². The van der Waals surface area contributed by atoms with Gasteiger partial charge in [-0.15, -0.1) is 0 Å². The number of fused-ring (bicyclic) bond motifs is 2. The van der Waals surface area contributed by atoms with E-state index in [2.05, 4.69) is 32.0 Å². The normalized spacial score (nSPS) is 18.9. The van der Waals surface area contributed by atoms with Crippen molar-refractivity contribution in [2.45, 2.75) is 12.2 Å². The SMILES string of the molecule is O=C1C2=C(NC(=S)NC2c2ccc3ncccc3c2)NC(c2ccc3ncccc3c2)N1c1ccc(Cl)cc1. The van der Waals surface area contributed by atoms with Crippen molar-refractivity contribution < 1.29 is 4.79 Å². The number of carbonyl (C=O) groups excluding carboxylic acids is 1. The molecule has 4 heterocycles. The van der Waals surface area contributed by atoms with Gasteiger partial charge < -0.3 is 16.0 Å². The van der Waals surface area contributed by atoms with Gasteiger partial charge in [-0.2, -0.15) is 0 Å². The zero-order valence-electron chi connectivity index (χ0n) is 20.4. The zero-order chi connectivity index (χ0) is 26.5. The molecule has 2 unspecified atom stereocenters. The predicted molar refractivity (Wildman–Crippen MR) is 157 cm³/mol. The van der Waals surface area contributed by atoms with E-state index < -0.39 is 12.2 Å². The Bertz CT molecular complexity index is 1820. The van der Waals surface area contributed by atoms with Crippen LogP contribution in [0.5, 0.6) is 0 Å².